The first-order valence-corrected chi connectivity index (χ1v) is 5.83. The zero-order valence-corrected chi connectivity index (χ0v) is 11.2. The zero-order chi connectivity index (χ0) is 16.4. The van der Waals surface area contributed by atoms with Crippen molar-refractivity contribution < 1.29 is 32.3 Å². The normalized spacial score (nSPS) is 12.1. The number of hydrogen-bond donors (Lipinski definition) is 2. The summed E-state index contributed by atoms with van der Waals surface area (Å²) in [6.45, 7) is 2.73. The van der Waals surface area contributed by atoms with Gasteiger partial charge in [0.05, 0.1) is 17.5 Å². The minimum absolute atomic E-state index is 0.390. The molecule has 0 unspecified atom stereocenters. The second kappa shape index (κ2) is 5.71. The highest BCUT2D eigenvalue weighted by atomic mass is 19.4. The summed E-state index contributed by atoms with van der Waals surface area (Å²) in [6, 6.07) is 1.46. The Hall–Kier alpha value is -2.12. The number of rotatable bonds is 4. The van der Waals surface area contributed by atoms with Crippen molar-refractivity contribution in [1.82, 2.24) is 5.32 Å². The van der Waals surface area contributed by atoms with Gasteiger partial charge in [-0.15, -0.1) is 0 Å². The molecule has 1 aromatic carbocycles. The molecule has 8 heteroatoms. The number of carbonyl (C=O) groups is 2. The summed E-state index contributed by atoms with van der Waals surface area (Å²) < 4.78 is 51.1. The van der Waals surface area contributed by atoms with Crippen LogP contribution in [0, 0.1) is 5.82 Å². The number of benzene rings is 1. The van der Waals surface area contributed by atoms with E-state index in [0.29, 0.717) is 18.2 Å². The zero-order valence-electron chi connectivity index (χ0n) is 11.2. The largest absolute Gasteiger partial charge is 0.481 e. The topological polar surface area (TPSA) is 66.4 Å². The van der Waals surface area contributed by atoms with Crippen molar-refractivity contribution in [2.24, 2.45) is 0 Å². The quantitative estimate of drug-likeness (QED) is 0.841. The average molecular weight is 307 g/mol. The molecule has 4 nitrogen and oxygen atoms in total. The maximum absolute atomic E-state index is 13.5. The lowest BCUT2D eigenvalue weighted by molar-refractivity contribution is -0.138. The number of aliphatic carboxylic acids is 1. The molecule has 116 valence electrons. The molecule has 0 saturated carbocycles. The molecular weight excluding hydrogens is 294 g/mol. The maximum Gasteiger partial charge on any atom is 0.416 e. The van der Waals surface area contributed by atoms with E-state index in [1.807, 2.05) is 0 Å². The van der Waals surface area contributed by atoms with Crippen LogP contribution in [0.3, 0.4) is 0 Å². The van der Waals surface area contributed by atoms with Crippen molar-refractivity contribution >= 4 is 11.9 Å². The van der Waals surface area contributed by atoms with Gasteiger partial charge in [-0.25, -0.2) is 4.39 Å². The number of amides is 1. The SMILES string of the molecule is CC(C)(CC(=O)O)NC(=O)c1cc(C(F)(F)F)ccc1F. The average Bonchev–Trinajstić information content (AvgIpc) is 2.24. The molecule has 0 spiro atoms. The van der Waals surface area contributed by atoms with Gasteiger partial charge < -0.3 is 10.4 Å². The van der Waals surface area contributed by atoms with Crippen LogP contribution in [-0.4, -0.2) is 22.5 Å². The number of hydrogen-bond acceptors (Lipinski definition) is 2. The van der Waals surface area contributed by atoms with Crippen LogP contribution in [0.1, 0.15) is 36.2 Å². The van der Waals surface area contributed by atoms with Crippen LogP contribution in [0.25, 0.3) is 0 Å². The first-order chi connectivity index (χ1) is 9.42. The van der Waals surface area contributed by atoms with E-state index in [0.717, 1.165) is 0 Å². The third-order valence-electron chi connectivity index (χ3n) is 2.58. The molecule has 0 heterocycles. The predicted octanol–water partition coefficient (Wildman–Crippen LogP) is 2.83. The van der Waals surface area contributed by atoms with Gasteiger partial charge >= 0.3 is 12.1 Å². The van der Waals surface area contributed by atoms with E-state index in [1.165, 1.54) is 13.8 Å². The van der Waals surface area contributed by atoms with E-state index in [4.69, 9.17) is 5.11 Å². The van der Waals surface area contributed by atoms with Crippen LogP contribution in [0.5, 0.6) is 0 Å². The van der Waals surface area contributed by atoms with Crippen LogP contribution < -0.4 is 5.32 Å². The second-order valence-corrected chi connectivity index (χ2v) is 5.10. The third-order valence-corrected chi connectivity index (χ3v) is 2.58. The minimum atomic E-state index is -4.71. The van der Waals surface area contributed by atoms with Crippen LogP contribution in [0.15, 0.2) is 18.2 Å². The van der Waals surface area contributed by atoms with E-state index >= 15 is 0 Å². The van der Waals surface area contributed by atoms with E-state index in [9.17, 15) is 27.2 Å². The first-order valence-electron chi connectivity index (χ1n) is 5.83. The Morgan fingerprint density at radius 3 is 2.29 bits per heavy atom. The summed E-state index contributed by atoms with van der Waals surface area (Å²) in [4.78, 5) is 22.4. The first kappa shape index (κ1) is 16.9. The molecule has 21 heavy (non-hydrogen) atoms. The maximum atomic E-state index is 13.5. The Balaban J connectivity index is 3.05. The lowest BCUT2D eigenvalue weighted by Gasteiger charge is -2.24. The molecule has 0 atom stereocenters. The Kier molecular flexibility index (Phi) is 4.60. The fraction of sp³-hybridized carbons (Fsp3) is 0.385. The lowest BCUT2D eigenvalue weighted by Crippen LogP contribution is -2.45. The van der Waals surface area contributed by atoms with Gasteiger partial charge in [0.25, 0.3) is 5.91 Å². The highest BCUT2D eigenvalue weighted by molar-refractivity contribution is 5.95. The second-order valence-electron chi connectivity index (χ2n) is 5.10. The van der Waals surface area contributed by atoms with Gasteiger partial charge in [-0.2, -0.15) is 13.2 Å². The lowest BCUT2D eigenvalue weighted by atomic mass is 9.99. The van der Waals surface area contributed by atoms with Crippen molar-refractivity contribution in [3.05, 3.63) is 35.1 Å². The van der Waals surface area contributed by atoms with Gasteiger partial charge in [-0.05, 0) is 32.0 Å². The molecular formula is C13H13F4NO3. The van der Waals surface area contributed by atoms with Gasteiger partial charge in [0.2, 0.25) is 0 Å². The summed E-state index contributed by atoms with van der Waals surface area (Å²) >= 11 is 0. The highest BCUT2D eigenvalue weighted by Crippen LogP contribution is 2.30. The number of halogens is 4. The van der Waals surface area contributed by atoms with E-state index in [-0.39, 0.29) is 0 Å². The summed E-state index contributed by atoms with van der Waals surface area (Å²) in [6.07, 6.45) is -5.17. The predicted molar refractivity (Wildman–Crippen MR) is 65.2 cm³/mol. The Labute approximate surface area is 117 Å². The van der Waals surface area contributed by atoms with Crippen LogP contribution in [0.4, 0.5) is 17.6 Å². The van der Waals surface area contributed by atoms with Crippen molar-refractivity contribution in [3.8, 4) is 0 Å². The summed E-state index contributed by atoms with van der Waals surface area (Å²) in [5, 5.41) is 10.9. The van der Waals surface area contributed by atoms with Crippen LogP contribution in [-0.2, 0) is 11.0 Å². The number of carboxylic acids is 1. The monoisotopic (exact) mass is 307 g/mol. The molecule has 0 saturated heterocycles. The van der Waals surface area contributed by atoms with Crippen molar-refractivity contribution in [3.63, 3.8) is 0 Å². The Bertz CT molecular complexity index is 567. The summed E-state index contributed by atoms with van der Waals surface area (Å²) in [5.41, 5.74) is -3.18. The standard InChI is InChI=1S/C13H13F4NO3/c1-12(2,6-10(19)20)18-11(21)8-5-7(13(15,16)17)3-4-9(8)14/h3-5H,6H2,1-2H3,(H,18,21)(H,19,20). The number of carboxylic acid groups (broad SMARTS) is 1. The van der Waals surface area contributed by atoms with Crippen LogP contribution >= 0.6 is 0 Å². The van der Waals surface area contributed by atoms with E-state index < -0.39 is 47.0 Å². The van der Waals surface area contributed by atoms with Crippen molar-refractivity contribution in [2.75, 3.05) is 0 Å². The molecule has 0 aromatic heterocycles. The molecule has 0 bridgehead atoms. The summed E-state index contributed by atoms with van der Waals surface area (Å²) in [7, 11) is 0. The molecule has 0 fully saturated rings. The number of nitrogens with one attached hydrogen (secondary N) is 1. The molecule has 2 N–H and O–H groups in total. The minimum Gasteiger partial charge on any atom is -0.481 e. The van der Waals surface area contributed by atoms with Gasteiger partial charge in [0, 0.05) is 5.54 Å². The van der Waals surface area contributed by atoms with Gasteiger partial charge in [-0.3, -0.25) is 9.59 Å². The van der Waals surface area contributed by atoms with E-state index in [1.54, 1.807) is 0 Å². The Morgan fingerprint density at radius 2 is 1.81 bits per heavy atom. The third kappa shape index (κ3) is 4.73. The molecule has 1 aromatic rings. The van der Waals surface area contributed by atoms with Gasteiger partial charge in [0.1, 0.15) is 5.82 Å². The van der Waals surface area contributed by atoms with Gasteiger partial charge in [-0.1, -0.05) is 0 Å². The molecule has 1 rings (SSSR count). The number of carbonyl (C=O) groups excluding carboxylic acids is 1. The fourth-order valence-corrected chi connectivity index (χ4v) is 1.67. The van der Waals surface area contributed by atoms with Gasteiger partial charge in [0.15, 0.2) is 0 Å². The van der Waals surface area contributed by atoms with Crippen molar-refractivity contribution in [2.45, 2.75) is 32.0 Å². The molecule has 0 aliphatic rings. The highest BCUT2D eigenvalue weighted by Gasteiger charge is 2.33. The van der Waals surface area contributed by atoms with E-state index in [2.05, 4.69) is 5.32 Å². The van der Waals surface area contributed by atoms with Crippen LogP contribution in [0.2, 0.25) is 0 Å². The Morgan fingerprint density at radius 1 is 1.24 bits per heavy atom. The molecule has 0 aliphatic heterocycles. The van der Waals surface area contributed by atoms with Crippen molar-refractivity contribution in [1.29, 1.82) is 0 Å². The fourth-order valence-electron chi connectivity index (χ4n) is 1.67. The summed E-state index contributed by atoms with van der Waals surface area (Å²) in [5.74, 6) is -3.43. The smallest absolute Gasteiger partial charge is 0.416 e. The molecule has 1 amide bonds. The molecule has 0 aliphatic carbocycles. The molecule has 0 radical (unpaired) electrons. The number of alkyl halides is 3.